The van der Waals surface area contributed by atoms with Crippen molar-refractivity contribution in [1.29, 1.82) is 0 Å². The van der Waals surface area contributed by atoms with Gasteiger partial charge in [0.05, 0.1) is 0 Å². The average molecular weight is 219 g/mol. The van der Waals surface area contributed by atoms with Crippen LogP contribution in [-0.2, 0) is 6.42 Å². The zero-order chi connectivity index (χ0) is 11.6. The van der Waals surface area contributed by atoms with Gasteiger partial charge in [-0.1, -0.05) is 50.6 Å². The predicted octanol–water partition coefficient (Wildman–Crippen LogP) is 3.65. The molecule has 0 saturated heterocycles. The first-order valence-electron chi connectivity index (χ1n) is 6.57. The lowest BCUT2D eigenvalue weighted by Gasteiger charge is -2.11. The summed E-state index contributed by atoms with van der Waals surface area (Å²) in [6.45, 7) is 6.89. The third kappa shape index (κ3) is 5.92. The average Bonchev–Trinajstić information content (AvgIpc) is 2.30. The van der Waals surface area contributed by atoms with Crippen molar-refractivity contribution >= 4 is 0 Å². The largest absolute Gasteiger partial charge is 0.316 e. The van der Waals surface area contributed by atoms with Gasteiger partial charge in [0.1, 0.15) is 0 Å². The van der Waals surface area contributed by atoms with Crippen LogP contribution in [0.2, 0.25) is 0 Å². The van der Waals surface area contributed by atoms with E-state index in [0.717, 1.165) is 12.5 Å². The highest BCUT2D eigenvalue weighted by atomic mass is 14.8. The van der Waals surface area contributed by atoms with Gasteiger partial charge < -0.3 is 5.32 Å². The molecular weight excluding hydrogens is 194 g/mol. The summed E-state index contributed by atoms with van der Waals surface area (Å²) in [5.74, 6) is 0.821. The minimum Gasteiger partial charge on any atom is -0.316 e. The Morgan fingerprint density at radius 1 is 1.19 bits per heavy atom. The van der Waals surface area contributed by atoms with Gasteiger partial charge in [0, 0.05) is 0 Å². The first-order chi connectivity index (χ1) is 7.83. The molecule has 0 aliphatic carbocycles. The molecule has 1 N–H and O–H groups in total. The highest BCUT2D eigenvalue weighted by molar-refractivity contribution is 5.14. The van der Waals surface area contributed by atoms with Crippen molar-refractivity contribution in [1.82, 2.24) is 5.32 Å². The van der Waals surface area contributed by atoms with Gasteiger partial charge in [-0.05, 0) is 43.8 Å². The van der Waals surface area contributed by atoms with Crippen LogP contribution in [0.15, 0.2) is 30.3 Å². The van der Waals surface area contributed by atoms with Gasteiger partial charge in [0.2, 0.25) is 0 Å². The van der Waals surface area contributed by atoms with Crippen LogP contribution in [0, 0.1) is 5.92 Å². The molecule has 1 nitrogen and oxygen atoms in total. The second-order valence-electron chi connectivity index (χ2n) is 4.69. The monoisotopic (exact) mass is 219 g/mol. The minimum atomic E-state index is 0.821. The molecule has 16 heavy (non-hydrogen) atoms. The van der Waals surface area contributed by atoms with E-state index in [4.69, 9.17) is 0 Å². The van der Waals surface area contributed by atoms with Crippen LogP contribution >= 0.6 is 0 Å². The van der Waals surface area contributed by atoms with Crippen LogP contribution in [0.3, 0.4) is 0 Å². The van der Waals surface area contributed by atoms with E-state index in [2.05, 4.69) is 49.5 Å². The predicted molar refractivity (Wildman–Crippen MR) is 71.7 cm³/mol. The standard InChI is InChI=1S/C15H25N/c1-3-8-14(2)13-16-12-7-11-15-9-5-4-6-10-15/h4-6,9-10,14,16H,3,7-8,11-13H2,1-2H3. The first kappa shape index (κ1) is 13.2. The number of hydrogen-bond donors (Lipinski definition) is 1. The maximum absolute atomic E-state index is 3.54. The van der Waals surface area contributed by atoms with Crippen molar-refractivity contribution in [3.8, 4) is 0 Å². The molecule has 1 unspecified atom stereocenters. The van der Waals surface area contributed by atoms with Crippen LogP contribution < -0.4 is 5.32 Å². The highest BCUT2D eigenvalue weighted by Gasteiger charge is 1.99. The zero-order valence-corrected chi connectivity index (χ0v) is 10.7. The van der Waals surface area contributed by atoms with E-state index in [9.17, 15) is 0 Å². The fourth-order valence-corrected chi connectivity index (χ4v) is 2.01. The molecule has 0 aliphatic rings. The zero-order valence-electron chi connectivity index (χ0n) is 10.7. The van der Waals surface area contributed by atoms with Gasteiger partial charge in [0.25, 0.3) is 0 Å². The second-order valence-corrected chi connectivity index (χ2v) is 4.69. The van der Waals surface area contributed by atoms with Crippen molar-refractivity contribution in [3.05, 3.63) is 35.9 Å². The van der Waals surface area contributed by atoms with E-state index in [-0.39, 0.29) is 0 Å². The summed E-state index contributed by atoms with van der Waals surface area (Å²) in [5.41, 5.74) is 1.45. The van der Waals surface area contributed by atoms with Crippen molar-refractivity contribution < 1.29 is 0 Å². The fraction of sp³-hybridized carbons (Fsp3) is 0.600. The SMILES string of the molecule is CCCC(C)CNCCCc1ccccc1. The summed E-state index contributed by atoms with van der Waals surface area (Å²) in [6.07, 6.45) is 5.07. The summed E-state index contributed by atoms with van der Waals surface area (Å²) < 4.78 is 0. The van der Waals surface area contributed by atoms with E-state index in [0.29, 0.717) is 0 Å². The Bertz CT molecular complexity index is 255. The molecule has 0 radical (unpaired) electrons. The maximum Gasteiger partial charge on any atom is -0.00232 e. The highest BCUT2D eigenvalue weighted by Crippen LogP contribution is 2.04. The topological polar surface area (TPSA) is 12.0 Å². The molecule has 0 aliphatic heterocycles. The summed E-state index contributed by atoms with van der Waals surface area (Å²) in [5, 5.41) is 3.54. The molecule has 1 aromatic rings. The van der Waals surface area contributed by atoms with E-state index >= 15 is 0 Å². The normalized spacial score (nSPS) is 12.6. The van der Waals surface area contributed by atoms with Crippen LogP contribution in [0.25, 0.3) is 0 Å². The van der Waals surface area contributed by atoms with Crippen molar-refractivity contribution in [2.75, 3.05) is 13.1 Å². The molecular formula is C15H25N. The molecule has 0 saturated carbocycles. The second kappa shape index (κ2) is 8.35. The maximum atomic E-state index is 3.54. The smallest absolute Gasteiger partial charge is 0.00232 e. The van der Waals surface area contributed by atoms with Gasteiger partial charge in [-0.15, -0.1) is 0 Å². The summed E-state index contributed by atoms with van der Waals surface area (Å²) >= 11 is 0. The molecule has 0 amide bonds. The van der Waals surface area contributed by atoms with Crippen LogP contribution in [0.1, 0.15) is 38.7 Å². The van der Waals surface area contributed by atoms with Gasteiger partial charge in [-0.3, -0.25) is 0 Å². The Kier molecular flexibility index (Phi) is 6.91. The molecule has 0 spiro atoms. The molecule has 90 valence electrons. The summed E-state index contributed by atoms with van der Waals surface area (Å²) in [6, 6.07) is 10.7. The third-order valence-corrected chi connectivity index (χ3v) is 2.94. The molecule has 0 heterocycles. The molecule has 1 aromatic carbocycles. The van der Waals surface area contributed by atoms with Gasteiger partial charge in [-0.2, -0.15) is 0 Å². The van der Waals surface area contributed by atoms with E-state index in [1.807, 2.05) is 0 Å². The molecule has 0 aromatic heterocycles. The minimum absolute atomic E-state index is 0.821. The lowest BCUT2D eigenvalue weighted by molar-refractivity contribution is 0.473. The Morgan fingerprint density at radius 2 is 1.94 bits per heavy atom. The first-order valence-corrected chi connectivity index (χ1v) is 6.57. The quantitative estimate of drug-likeness (QED) is 0.658. The van der Waals surface area contributed by atoms with E-state index in [1.165, 1.54) is 37.8 Å². The fourth-order valence-electron chi connectivity index (χ4n) is 2.01. The number of benzene rings is 1. The Balaban J connectivity index is 2.00. The number of hydrogen-bond acceptors (Lipinski definition) is 1. The number of rotatable bonds is 8. The Hall–Kier alpha value is -0.820. The summed E-state index contributed by atoms with van der Waals surface area (Å²) in [4.78, 5) is 0. The van der Waals surface area contributed by atoms with E-state index in [1.54, 1.807) is 0 Å². The van der Waals surface area contributed by atoms with Crippen LogP contribution in [0.5, 0.6) is 0 Å². The van der Waals surface area contributed by atoms with Gasteiger partial charge in [-0.25, -0.2) is 0 Å². The molecule has 0 bridgehead atoms. The van der Waals surface area contributed by atoms with Crippen molar-refractivity contribution in [2.24, 2.45) is 5.92 Å². The van der Waals surface area contributed by atoms with Crippen molar-refractivity contribution in [2.45, 2.75) is 39.5 Å². The van der Waals surface area contributed by atoms with Gasteiger partial charge in [0.15, 0.2) is 0 Å². The van der Waals surface area contributed by atoms with E-state index < -0.39 is 0 Å². The molecule has 1 atom stereocenters. The number of aryl methyl sites for hydroxylation is 1. The lowest BCUT2D eigenvalue weighted by Crippen LogP contribution is -2.22. The third-order valence-electron chi connectivity index (χ3n) is 2.94. The van der Waals surface area contributed by atoms with Crippen LogP contribution in [-0.4, -0.2) is 13.1 Å². The number of nitrogens with one attached hydrogen (secondary N) is 1. The molecule has 1 heteroatoms. The van der Waals surface area contributed by atoms with Crippen LogP contribution in [0.4, 0.5) is 0 Å². The molecule has 1 rings (SSSR count). The Labute approximate surface area is 100 Å². The van der Waals surface area contributed by atoms with Crippen molar-refractivity contribution in [3.63, 3.8) is 0 Å². The lowest BCUT2D eigenvalue weighted by atomic mass is 10.1. The Morgan fingerprint density at radius 3 is 2.62 bits per heavy atom. The molecule has 0 fully saturated rings. The van der Waals surface area contributed by atoms with Gasteiger partial charge >= 0.3 is 0 Å². The summed E-state index contributed by atoms with van der Waals surface area (Å²) in [7, 11) is 0.